The van der Waals surface area contributed by atoms with Gasteiger partial charge in [-0.2, -0.15) is 0 Å². The highest BCUT2D eigenvalue weighted by molar-refractivity contribution is 6.07. The summed E-state index contributed by atoms with van der Waals surface area (Å²) in [5.74, 6) is 0. The van der Waals surface area contributed by atoms with Crippen molar-refractivity contribution in [2.24, 2.45) is 0 Å². The van der Waals surface area contributed by atoms with Gasteiger partial charge in [0.15, 0.2) is 0 Å². The molecule has 0 N–H and O–H groups in total. The first-order chi connectivity index (χ1) is 10.9. The fraction of sp³-hybridized carbons (Fsp3) is 0. The molecule has 0 aromatic heterocycles. The van der Waals surface area contributed by atoms with Crippen molar-refractivity contribution in [1.29, 1.82) is 0 Å². The van der Waals surface area contributed by atoms with Gasteiger partial charge in [-0.1, -0.05) is 97.1 Å². The Morgan fingerprint density at radius 1 is 0.500 bits per heavy atom. The molecule has 0 saturated carbocycles. The van der Waals surface area contributed by atoms with Crippen LogP contribution in [0.4, 0.5) is 0 Å². The average Bonchev–Trinajstić information content (AvgIpc) is 3.01. The zero-order valence-electron chi connectivity index (χ0n) is 12.2. The van der Waals surface area contributed by atoms with Gasteiger partial charge in [-0.05, 0) is 33.4 Å². The normalized spacial score (nSPS) is 12.3. The molecule has 3 aromatic carbocycles. The number of hydrogen-bond acceptors (Lipinski definition) is 0. The highest BCUT2D eigenvalue weighted by Gasteiger charge is 2.16. The first kappa shape index (κ1) is 12.8. The Kier molecular flexibility index (Phi) is 3.21. The van der Waals surface area contributed by atoms with Crippen molar-refractivity contribution in [1.82, 2.24) is 0 Å². The molecule has 0 saturated heterocycles. The third-order valence-electron chi connectivity index (χ3n) is 4.07. The van der Waals surface area contributed by atoms with Crippen molar-refractivity contribution in [2.75, 3.05) is 0 Å². The standard InChI is InChI=1S/C22H16/c1-3-10-18(11-4-1)22(19-12-5-2-6-13-19)21-16-15-17-9-7-8-14-20(17)21/h1-16H. The van der Waals surface area contributed by atoms with Crippen LogP contribution in [-0.4, -0.2) is 0 Å². The van der Waals surface area contributed by atoms with Gasteiger partial charge in [0.25, 0.3) is 0 Å². The SMILES string of the molecule is C1=Cc2ccccc2C1=C(c1ccccc1)c1ccccc1. The van der Waals surface area contributed by atoms with Crippen molar-refractivity contribution >= 4 is 17.2 Å². The summed E-state index contributed by atoms with van der Waals surface area (Å²) in [6.07, 6.45) is 4.44. The van der Waals surface area contributed by atoms with E-state index in [1.54, 1.807) is 0 Å². The number of rotatable bonds is 2. The summed E-state index contributed by atoms with van der Waals surface area (Å²) in [4.78, 5) is 0. The van der Waals surface area contributed by atoms with Crippen molar-refractivity contribution in [2.45, 2.75) is 0 Å². The quantitative estimate of drug-likeness (QED) is 0.567. The predicted molar refractivity (Wildman–Crippen MR) is 94.3 cm³/mol. The predicted octanol–water partition coefficient (Wildman–Crippen LogP) is 5.67. The van der Waals surface area contributed by atoms with Crippen molar-refractivity contribution in [3.05, 3.63) is 113 Å². The zero-order chi connectivity index (χ0) is 14.8. The Labute approximate surface area is 131 Å². The summed E-state index contributed by atoms with van der Waals surface area (Å²) >= 11 is 0. The van der Waals surface area contributed by atoms with Crippen LogP contribution in [0.1, 0.15) is 22.3 Å². The van der Waals surface area contributed by atoms with E-state index >= 15 is 0 Å². The lowest BCUT2D eigenvalue weighted by atomic mass is 9.90. The van der Waals surface area contributed by atoms with E-state index in [1.165, 1.54) is 33.4 Å². The van der Waals surface area contributed by atoms with Crippen LogP contribution in [-0.2, 0) is 0 Å². The molecule has 0 spiro atoms. The molecular weight excluding hydrogens is 264 g/mol. The molecule has 0 aliphatic heterocycles. The molecule has 0 heterocycles. The molecule has 0 fully saturated rings. The van der Waals surface area contributed by atoms with Gasteiger partial charge in [-0.15, -0.1) is 0 Å². The Balaban J connectivity index is 2.01. The second-order valence-electron chi connectivity index (χ2n) is 5.44. The minimum absolute atomic E-state index is 1.25. The van der Waals surface area contributed by atoms with Crippen LogP contribution in [0.2, 0.25) is 0 Å². The Bertz CT molecular complexity index is 811. The van der Waals surface area contributed by atoms with E-state index in [0.29, 0.717) is 0 Å². The largest absolute Gasteiger partial charge is 0.0622 e. The lowest BCUT2D eigenvalue weighted by molar-refractivity contribution is 1.54. The second kappa shape index (κ2) is 5.50. The lowest BCUT2D eigenvalue weighted by Gasteiger charge is -2.13. The van der Waals surface area contributed by atoms with Gasteiger partial charge in [0, 0.05) is 0 Å². The Hall–Kier alpha value is -2.86. The lowest BCUT2D eigenvalue weighted by Crippen LogP contribution is -1.92. The van der Waals surface area contributed by atoms with Crippen LogP contribution in [0.3, 0.4) is 0 Å². The van der Waals surface area contributed by atoms with Gasteiger partial charge in [0.05, 0.1) is 0 Å². The van der Waals surface area contributed by atoms with E-state index in [1.807, 2.05) is 0 Å². The fourth-order valence-corrected chi connectivity index (χ4v) is 3.06. The van der Waals surface area contributed by atoms with Crippen molar-refractivity contribution < 1.29 is 0 Å². The number of allylic oxidation sites excluding steroid dienone is 2. The average molecular weight is 280 g/mol. The van der Waals surface area contributed by atoms with Crippen LogP contribution >= 0.6 is 0 Å². The van der Waals surface area contributed by atoms with Crippen molar-refractivity contribution in [3.63, 3.8) is 0 Å². The molecule has 4 rings (SSSR count). The summed E-state index contributed by atoms with van der Waals surface area (Å²) in [7, 11) is 0. The van der Waals surface area contributed by atoms with E-state index in [2.05, 4.69) is 97.1 Å². The molecule has 0 heteroatoms. The summed E-state index contributed by atoms with van der Waals surface area (Å²) < 4.78 is 0. The van der Waals surface area contributed by atoms with Gasteiger partial charge in [-0.25, -0.2) is 0 Å². The zero-order valence-corrected chi connectivity index (χ0v) is 12.2. The molecule has 3 aromatic rings. The van der Waals surface area contributed by atoms with Crippen LogP contribution in [0, 0.1) is 0 Å². The van der Waals surface area contributed by atoms with Gasteiger partial charge in [0.1, 0.15) is 0 Å². The first-order valence-corrected chi connectivity index (χ1v) is 7.56. The smallest absolute Gasteiger partial charge is 0.00326 e. The van der Waals surface area contributed by atoms with Crippen LogP contribution in [0.15, 0.2) is 91.0 Å². The minimum atomic E-state index is 1.25. The molecular formula is C22H16. The number of fused-ring (bicyclic) bond motifs is 1. The van der Waals surface area contributed by atoms with Gasteiger partial charge in [-0.3, -0.25) is 0 Å². The molecule has 0 nitrogen and oxygen atoms in total. The molecule has 0 radical (unpaired) electrons. The van der Waals surface area contributed by atoms with E-state index < -0.39 is 0 Å². The molecule has 104 valence electrons. The third-order valence-corrected chi connectivity index (χ3v) is 4.07. The van der Waals surface area contributed by atoms with E-state index in [4.69, 9.17) is 0 Å². The Morgan fingerprint density at radius 3 is 1.68 bits per heavy atom. The van der Waals surface area contributed by atoms with E-state index in [0.717, 1.165) is 0 Å². The second-order valence-corrected chi connectivity index (χ2v) is 5.44. The highest BCUT2D eigenvalue weighted by atomic mass is 14.2. The maximum Gasteiger partial charge on any atom is -0.00326 e. The molecule has 0 bridgehead atoms. The number of hydrogen-bond donors (Lipinski definition) is 0. The molecule has 22 heavy (non-hydrogen) atoms. The maximum absolute atomic E-state index is 2.24. The topological polar surface area (TPSA) is 0 Å². The molecule has 0 amide bonds. The van der Waals surface area contributed by atoms with Crippen LogP contribution < -0.4 is 0 Å². The van der Waals surface area contributed by atoms with Crippen molar-refractivity contribution in [3.8, 4) is 0 Å². The maximum atomic E-state index is 2.24. The van der Waals surface area contributed by atoms with Crippen LogP contribution in [0.5, 0.6) is 0 Å². The van der Waals surface area contributed by atoms with Crippen LogP contribution in [0.25, 0.3) is 17.2 Å². The summed E-state index contributed by atoms with van der Waals surface area (Å²) in [5, 5.41) is 0. The first-order valence-electron chi connectivity index (χ1n) is 7.56. The molecule has 1 aliphatic carbocycles. The minimum Gasteiger partial charge on any atom is -0.0622 e. The monoisotopic (exact) mass is 280 g/mol. The molecule has 0 unspecified atom stereocenters. The van der Waals surface area contributed by atoms with Gasteiger partial charge in [0.2, 0.25) is 0 Å². The third kappa shape index (κ3) is 2.19. The summed E-state index contributed by atoms with van der Waals surface area (Å²) in [6, 6.07) is 29.9. The fourth-order valence-electron chi connectivity index (χ4n) is 3.06. The summed E-state index contributed by atoms with van der Waals surface area (Å²) in [6.45, 7) is 0. The van der Waals surface area contributed by atoms with E-state index in [-0.39, 0.29) is 0 Å². The van der Waals surface area contributed by atoms with E-state index in [9.17, 15) is 0 Å². The molecule has 0 atom stereocenters. The van der Waals surface area contributed by atoms with Gasteiger partial charge >= 0.3 is 0 Å². The summed E-state index contributed by atoms with van der Waals surface area (Å²) in [5.41, 5.74) is 7.71. The number of benzene rings is 3. The molecule has 1 aliphatic rings. The highest BCUT2D eigenvalue weighted by Crippen LogP contribution is 2.38. The van der Waals surface area contributed by atoms with Gasteiger partial charge < -0.3 is 0 Å². The Morgan fingerprint density at radius 2 is 1.05 bits per heavy atom.